The maximum absolute atomic E-state index is 12.9. The molecule has 40 heavy (non-hydrogen) atoms. The number of rotatable bonds is 10. The molecule has 0 aliphatic heterocycles. The Kier molecular flexibility index (Phi) is 9.27. The molecule has 0 aliphatic rings. The molecule has 10 heteroatoms. The third-order valence-electron chi connectivity index (χ3n) is 6.27. The summed E-state index contributed by atoms with van der Waals surface area (Å²) in [5.41, 5.74) is 3.71. The maximum Gasteiger partial charge on any atom is 0.326 e. The van der Waals surface area contributed by atoms with Gasteiger partial charge in [0.25, 0.3) is 5.91 Å². The quantitative estimate of drug-likeness (QED) is 0.237. The normalized spacial score (nSPS) is 12.2. The Morgan fingerprint density at radius 3 is 1.95 bits per heavy atom. The predicted octanol–water partition coefficient (Wildman–Crippen LogP) is 5.91. The first-order valence-electron chi connectivity index (χ1n) is 12.2. The second kappa shape index (κ2) is 12.7. The number of carboxylic acid groups (broad SMARTS) is 1. The van der Waals surface area contributed by atoms with Crippen LogP contribution in [0.1, 0.15) is 21.5 Å². The van der Waals surface area contributed by atoms with Crippen molar-refractivity contribution in [3.8, 4) is 11.1 Å². The van der Waals surface area contributed by atoms with E-state index < -0.39 is 27.9 Å². The van der Waals surface area contributed by atoms with Gasteiger partial charge < -0.3 is 10.4 Å². The Bertz CT molecular complexity index is 1590. The minimum atomic E-state index is -3.86. The van der Waals surface area contributed by atoms with Crippen LogP contribution in [0, 0.1) is 0 Å². The number of hydrogen-bond acceptors (Lipinski definition) is 4. The Morgan fingerprint density at radius 2 is 1.38 bits per heavy atom. The first-order chi connectivity index (χ1) is 19.0. The molecule has 7 nitrogen and oxygen atoms in total. The molecule has 0 fully saturated rings. The van der Waals surface area contributed by atoms with Gasteiger partial charge in [0.2, 0.25) is 10.0 Å². The monoisotopic (exact) mass is 596 g/mol. The Morgan fingerprint density at radius 1 is 0.825 bits per heavy atom. The van der Waals surface area contributed by atoms with Crippen molar-refractivity contribution in [2.45, 2.75) is 23.9 Å². The number of benzene rings is 4. The molecule has 0 bridgehead atoms. The lowest BCUT2D eigenvalue weighted by atomic mass is 10.0. The fourth-order valence-electron chi connectivity index (χ4n) is 4.10. The molecule has 0 saturated carbocycles. The van der Waals surface area contributed by atoms with E-state index in [2.05, 4.69) is 5.32 Å². The lowest BCUT2D eigenvalue weighted by Gasteiger charge is -2.18. The minimum absolute atomic E-state index is 0.0297. The number of sulfonamides is 1. The van der Waals surface area contributed by atoms with Gasteiger partial charge >= 0.3 is 5.97 Å². The smallest absolute Gasteiger partial charge is 0.326 e. The van der Waals surface area contributed by atoms with E-state index >= 15 is 0 Å². The number of nitrogens with one attached hydrogen (secondary N) is 1. The number of halogens is 2. The third kappa shape index (κ3) is 7.28. The standard InChI is InChI=1S/C30H26Cl2N2O5S/c1-34(40(38,39)27-17-25(31)16-26(32)18-27)19-21-9-13-24(14-10-21)29(35)33-28(30(36)37)15-20-7-11-23(12-8-20)22-5-3-2-4-6-22/h2-14,16-18,28H,15,19H2,1H3,(H,33,35)(H,36,37)/t28-/m0/s1. The third-order valence-corrected chi connectivity index (χ3v) is 8.49. The second-order valence-electron chi connectivity index (χ2n) is 9.19. The number of amides is 1. The average molecular weight is 598 g/mol. The van der Waals surface area contributed by atoms with Crippen LogP contribution in [-0.4, -0.2) is 42.8 Å². The molecule has 0 aromatic heterocycles. The molecule has 0 spiro atoms. The van der Waals surface area contributed by atoms with Crippen LogP contribution in [-0.2, 0) is 27.8 Å². The van der Waals surface area contributed by atoms with Crippen LogP contribution >= 0.6 is 23.2 Å². The van der Waals surface area contributed by atoms with Crippen LogP contribution in [0.25, 0.3) is 11.1 Å². The van der Waals surface area contributed by atoms with Gasteiger partial charge in [0.1, 0.15) is 6.04 Å². The van der Waals surface area contributed by atoms with Crippen molar-refractivity contribution < 1.29 is 23.1 Å². The summed E-state index contributed by atoms with van der Waals surface area (Å²) in [7, 11) is -2.44. The summed E-state index contributed by atoms with van der Waals surface area (Å²) in [6.45, 7) is 0.0328. The molecule has 0 heterocycles. The molecule has 2 N–H and O–H groups in total. The highest BCUT2D eigenvalue weighted by Gasteiger charge is 2.23. The number of carbonyl (C=O) groups excluding carboxylic acids is 1. The van der Waals surface area contributed by atoms with Gasteiger partial charge in [-0.15, -0.1) is 0 Å². The Balaban J connectivity index is 1.39. The summed E-state index contributed by atoms with van der Waals surface area (Å²) in [6.07, 6.45) is 0.115. The van der Waals surface area contributed by atoms with Gasteiger partial charge in [-0.2, -0.15) is 4.31 Å². The zero-order valence-electron chi connectivity index (χ0n) is 21.4. The predicted molar refractivity (Wildman–Crippen MR) is 156 cm³/mol. The van der Waals surface area contributed by atoms with Crippen LogP contribution in [0.3, 0.4) is 0 Å². The topological polar surface area (TPSA) is 104 Å². The minimum Gasteiger partial charge on any atom is -0.480 e. The molecule has 206 valence electrons. The van der Waals surface area contributed by atoms with E-state index in [0.29, 0.717) is 5.56 Å². The summed E-state index contributed by atoms with van der Waals surface area (Å²) >= 11 is 11.9. The highest BCUT2D eigenvalue weighted by atomic mass is 35.5. The van der Waals surface area contributed by atoms with Gasteiger partial charge in [0, 0.05) is 35.6 Å². The summed E-state index contributed by atoms with van der Waals surface area (Å²) in [5.74, 6) is -1.69. The van der Waals surface area contributed by atoms with Gasteiger partial charge in [-0.05, 0) is 52.6 Å². The zero-order valence-corrected chi connectivity index (χ0v) is 23.7. The molecular formula is C30H26Cl2N2O5S. The molecule has 4 aromatic carbocycles. The van der Waals surface area contributed by atoms with Crippen molar-refractivity contribution in [2.75, 3.05) is 7.05 Å². The molecule has 0 radical (unpaired) electrons. The molecule has 0 unspecified atom stereocenters. The SMILES string of the molecule is CN(Cc1ccc(C(=O)N[C@@H](Cc2ccc(-c3ccccc3)cc2)C(=O)O)cc1)S(=O)(=O)c1cc(Cl)cc(Cl)c1. The van der Waals surface area contributed by atoms with E-state index in [1.54, 1.807) is 12.1 Å². The van der Waals surface area contributed by atoms with E-state index in [1.165, 1.54) is 37.4 Å². The number of nitrogens with zero attached hydrogens (tertiary/aromatic N) is 1. The highest BCUT2D eigenvalue weighted by molar-refractivity contribution is 7.89. The van der Waals surface area contributed by atoms with Crippen LogP contribution < -0.4 is 5.32 Å². The number of carboxylic acids is 1. The van der Waals surface area contributed by atoms with Gasteiger partial charge in [0.15, 0.2) is 0 Å². The number of carbonyl (C=O) groups is 2. The summed E-state index contributed by atoms with van der Waals surface area (Å²) in [5, 5.41) is 12.7. The fourth-order valence-corrected chi connectivity index (χ4v) is 5.99. The van der Waals surface area contributed by atoms with E-state index in [1.807, 2.05) is 54.6 Å². The highest BCUT2D eigenvalue weighted by Crippen LogP contribution is 2.25. The van der Waals surface area contributed by atoms with E-state index in [0.717, 1.165) is 21.0 Å². The van der Waals surface area contributed by atoms with Crippen molar-refractivity contribution in [3.63, 3.8) is 0 Å². The Hall–Kier alpha value is -3.69. The molecule has 0 aliphatic carbocycles. The van der Waals surface area contributed by atoms with Crippen molar-refractivity contribution in [2.24, 2.45) is 0 Å². The van der Waals surface area contributed by atoms with Crippen LogP contribution in [0.5, 0.6) is 0 Å². The van der Waals surface area contributed by atoms with Gasteiger partial charge in [0.05, 0.1) is 4.90 Å². The Labute approximate surface area is 243 Å². The van der Waals surface area contributed by atoms with E-state index in [-0.39, 0.29) is 33.5 Å². The van der Waals surface area contributed by atoms with Crippen LogP contribution in [0.4, 0.5) is 0 Å². The van der Waals surface area contributed by atoms with Crippen LogP contribution in [0.2, 0.25) is 10.0 Å². The molecule has 0 saturated heterocycles. The zero-order chi connectivity index (χ0) is 28.9. The van der Waals surface area contributed by atoms with Crippen molar-refractivity contribution in [1.29, 1.82) is 0 Å². The number of aliphatic carboxylic acids is 1. The van der Waals surface area contributed by atoms with E-state index in [4.69, 9.17) is 23.2 Å². The summed E-state index contributed by atoms with van der Waals surface area (Å²) < 4.78 is 27.0. The molecule has 4 aromatic rings. The lowest BCUT2D eigenvalue weighted by Crippen LogP contribution is -2.42. The second-order valence-corrected chi connectivity index (χ2v) is 12.1. The summed E-state index contributed by atoms with van der Waals surface area (Å²) in [6, 6.07) is 26.6. The van der Waals surface area contributed by atoms with Gasteiger partial charge in [-0.1, -0.05) is 89.9 Å². The number of hydrogen-bond donors (Lipinski definition) is 2. The fraction of sp³-hybridized carbons (Fsp3) is 0.133. The average Bonchev–Trinajstić information content (AvgIpc) is 2.93. The molecule has 1 amide bonds. The first-order valence-corrected chi connectivity index (χ1v) is 14.4. The van der Waals surface area contributed by atoms with Crippen molar-refractivity contribution in [3.05, 3.63) is 124 Å². The van der Waals surface area contributed by atoms with Gasteiger partial charge in [-0.25, -0.2) is 13.2 Å². The molecule has 1 atom stereocenters. The first kappa shape index (κ1) is 29.3. The van der Waals surface area contributed by atoms with E-state index in [9.17, 15) is 23.1 Å². The maximum atomic E-state index is 12.9. The largest absolute Gasteiger partial charge is 0.480 e. The van der Waals surface area contributed by atoms with Crippen molar-refractivity contribution in [1.82, 2.24) is 9.62 Å². The molecular weight excluding hydrogens is 571 g/mol. The van der Waals surface area contributed by atoms with Crippen molar-refractivity contribution >= 4 is 45.1 Å². The summed E-state index contributed by atoms with van der Waals surface area (Å²) in [4.78, 5) is 24.7. The molecule has 4 rings (SSSR count). The lowest BCUT2D eigenvalue weighted by molar-refractivity contribution is -0.139. The van der Waals surface area contributed by atoms with Crippen LogP contribution in [0.15, 0.2) is 102 Å². The van der Waals surface area contributed by atoms with Gasteiger partial charge in [-0.3, -0.25) is 4.79 Å².